The third kappa shape index (κ3) is 2.51. The van der Waals surface area contributed by atoms with Crippen LogP contribution in [0.5, 0.6) is 11.5 Å². The quantitative estimate of drug-likeness (QED) is 0.806. The fourth-order valence-electron chi connectivity index (χ4n) is 2.76. The van der Waals surface area contributed by atoms with E-state index in [4.69, 9.17) is 0 Å². The van der Waals surface area contributed by atoms with Crippen LogP contribution in [0.4, 0.5) is 0 Å². The molecule has 0 aromatic heterocycles. The Morgan fingerprint density at radius 2 is 1.55 bits per heavy atom. The van der Waals surface area contributed by atoms with Crippen molar-refractivity contribution < 1.29 is 10.2 Å². The minimum Gasteiger partial charge on any atom is -0.504 e. The summed E-state index contributed by atoms with van der Waals surface area (Å²) < 4.78 is 0. The van der Waals surface area contributed by atoms with Crippen LogP contribution in [-0.4, -0.2) is 10.2 Å². The number of phenols is 2. The van der Waals surface area contributed by atoms with Gasteiger partial charge in [0.15, 0.2) is 11.5 Å². The molecule has 0 amide bonds. The van der Waals surface area contributed by atoms with Crippen molar-refractivity contribution in [2.75, 3.05) is 0 Å². The number of aryl methyl sites for hydroxylation is 2. The standard InChI is InChI=1S/C18H22O2/c1-4-12-8-7-9-16(15(12)6-3)14-10-13(5-2)18(20)17(19)11-14/h7-11,19-20H,4-6H2,1-3H3. The van der Waals surface area contributed by atoms with Gasteiger partial charge in [-0.05, 0) is 59.2 Å². The van der Waals surface area contributed by atoms with Gasteiger partial charge in [0.25, 0.3) is 0 Å². The summed E-state index contributed by atoms with van der Waals surface area (Å²) in [5.41, 5.74) is 5.57. The number of rotatable bonds is 4. The molecule has 20 heavy (non-hydrogen) atoms. The van der Waals surface area contributed by atoms with Gasteiger partial charge in [-0.2, -0.15) is 0 Å². The molecule has 2 aromatic carbocycles. The van der Waals surface area contributed by atoms with E-state index >= 15 is 0 Å². The van der Waals surface area contributed by atoms with Gasteiger partial charge in [0.2, 0.25) is 0 Å². The van der Waals surface area contributed by atoms with Crippen molar-refractivity contribution in [3.05, 3.63) is 47.0 Å². The molecular weight excluding hydrogens is 248 g/mol. The summed E-state index contributed by atoms with van der Waals surface area (Å²) in [5.74, 6) is -0.0377. The van der Waals surface area contributed by atoms with Crippen molar-refractivity contribution in [2.24, 2.45) is 0 Å². The number of hydrogen-bond donors (Lipinski definition) is 2. The highest BCUT2D eigenvalue weighted by molar-refractivity contribution is 5.72. The van der Waals surface area contributed by atoms with Crippen LogP contribution >= 0.6 is 0 Å². The number of phenolic OH excluding ortho intramolecular Hbond substituents is 2. The molecule has 2 heteroatoms. The van der Waals surface area contributed by atoms with E-state index < -0.39 is 0 Å². The lowest BCUT2D eigenvalue weighted by Crippen LogP contribution is -1.95. The van der Waals surface area contributed by atoms with E-state index in [9.17, 15) is 10.2 Å². The summed E-state index contributed by atoms with van der Waals surface area (Å²) in [5, 5.41) is 19.8. The minimum atomic E-state index is -0.0386. The molecule has 0 aliphatic carbocycles. The van der Waals surface area contributed by atoms with Crippen LogP contribution in [0.2, 0.25) is 0 Å². The Labute approximate surface area is 120 Å². The van der Waals surface area contributed by atoms with Gasteiger partial charge in [0.1, 0.15) is 0 Å². The first kappa shape index (κ1) is 14.4. The molecular formula is C18H22O2. The van der Waals surface area contributed by atoms with Crippen molar-refractivity contribution in [3.8, 4) is 22.6 Å². The Morgan fingerprint density at radius 3 is 2.15 bits per heavy atom. The van der Waals surface area contributed by atoms with Crippen molar-refractivity contribution in [1.82, 2.24) is 0 Å². The smallest absolute Gasteiger partial charge is 0.160 e. The Bertz CT molecular complexity index is 615. The van der Waals surface area contributed by atoms with Crippen LogP contribution in [-0.2, 0) is 19.3 Å². The number of hydrogen-bond acceptors (Lipinski definition) is 2. The molecule has 2 aromatic rings. The molecule has 2 rings (SSSR count). The maximum Gasteiger partial charge on any atom is 0.160 e. The molecule has 0 atom stereocenters. The van der Waals surface area contributed by atoms with Gasteiger partial charge in [-0.15, -0.1) is 0 Å². The van der Waals surface area contributed by atoms with Crippen molar-refractivity contribution in [2.45, 2.75) is 40.0 Å². The predicted octanol–water partition coefficient (Wildman–Crippen LogP) is 4.45. The Kier molecular flexibility index (Phi) is 4.33. The molecule has 0 aliphatic heterocycles. The zero-order chi connectivity index (χ0) is 14.7. The van der Waals surface area contributed by atoms with E-state index in [2.05, 4.69) is 32.0 Å². The normalized spacial score (nSPS) is 10.8. The van der Waals surface area contributed by atoms with E-state index in [1.807, 2.05) is 13.0 Å². The fraction of sp³-hybridized carbons (Fsp3) is 0.333. The van der Waals surface area contributed by atoms with Gasteiger partial charge in [0, 0.05) is 0 Å². The predicted molar refractivity (Wildman–Crippen MR) is 83.3 cm³/mol. The van der Waals surface area contributed by atoms with Crippen LogP contribution in [0.25, 0.3) is 11.1 Å². The SMILES string of the molecule is CCc1cc(-c2cccc(CC)c2CC)cc(O)c1O. The van der Waals surface area contributed by atoms with E-state index in [0.29, 0.717) is 6.42 Å². The van der Waals surface area contributed by atoms with Gasteiger partial charge in [0.05, 0.1) is 0 Å². The average Bonchev–Trinajstić information content (AvgIpc) is 2.48. The molecule has 0 aliphatic rings. The zero-order valence-corrected chi connectivity index (χ0v) is 12.4. The lowest BCUT2D eigenvalue weighted by Gasteiger charge is -2.15. The second kappa shape index (κ2) is 6.00. The lowest BCUT2D eigenvalue weighted by molar-refractivity contribution is 0.400. The summed E-state index contributed by atoms with van der Waals surface area (Å²) in [6.45, 7) is 6.28. The van der Waals surface area contributed by atoms with E-state index in [0.717, 1.165) is 29.5 Å². The van der Waals surface area contributed by atoms with Gasteiger partial charge < -0.3 is 10.2 Å². The molecule has 0 heterocycles. The zero-order valence-electron chi connectivity index (χ0n) is 12.4. The number of benzene rings is 2. The van der Waals surface area contributed by atoms with Gasteiger partial charge in [-0.25, -0.2) is 0 Å². The first-order valence-corrected chi connectivity index (χ1v) is 7.28. The summed E-state index contributed by atoms with van der Waals surface area (Å²) >= 11 is 0. The third-order valence-electron chi connectivity index (χ3n) is 3.87. The highest BCUT2D eigenvalue weighted by Crippen LogP contribution is 2.36. The van der Waals surface area contributed by atoms with Crippen molar-refractivity contribution >= 4 is 0 Å². The van der Waals surface area contributed by atoms with E-state index in [1.165, 1.54) is 11.1 Å². The summed E-state index contributed by atoms with van der Waals surface area (Å²) in [6.07, 6.45) is 2.66. The summed E-state index contributed by atoms with van der Waals surface area (Å²) in [4.78, 5) is 0. The molecule has 0 radical (unpaired) electrons. The molecule has 2 N–H and O–H groups in total. The van der Waals surface area contributed by atoms with Gasteiger partial charge in [-0.3, -0.25) is 0 Å². The van der Waals surface area contributed by atoms with Crippen molar-refractivity contribution in [1.29, 1.82) is 0 Å². The maximum absolute atomic E-state index is 9.91. The lowest BCUT2D eigenvalue weighted by atomic mass is 9.91. The minimum absolute atomic E-state index is 0.000875. The number of aromatic hydroxyl groups is 2. The third-order valence-corrected chi connectivity index (χ3v) is 3.87. The molecule has 0 unspecified atom stereocenters. The Balaban J connectivity index is 2.65. The Morgan fingerprint density at radius 1 is 0.850 bits per heavy atom. The van der Waals surface area contributed by atoms with Crippen LogP contribution in [0.3, 0.4) is 0 Å². The topological polar surface area (TPSA) is 40.5 Å². The monoisotopic (exact) mass is 270 g/mol. The Hall–Kier alpha value is -1.96. The largest absolute Gasteiger partial charge is 0.504 e. The summed E-state index contributed by atoms with van der Waals surface area (Å²) in [6, 6.07) is 9.93. The first-order valence-electron chi connectivity index (χ1n) is 7.28. The first-order chi connectivity index (χ1) is 9.62. The van der Waals surface area contributed by atoms with Crippen LogP contribution < -0.4 is 0 Å². The highest BCUT2D eigenvalue weighted by Gasteiger charge is 2.12. The van der Waals surface area contributed by atoms with Crippen LogP contribution in [0.15, 0.2) is 30.3 Å². The second-order valence-electron chi connectivity index (χ2n) is 5.01. The van der Waals surface area contributed by atoms with Crippen molar-refractivity contribution in [3.63, 3.8) is 0 Å². The van der Waals surface area contributed by atoms with Crippen LogP contribution in [0.1, 0.15) is 37.5 Å². The van der Waals surface area contributed by atoms with Gasteiger partial charge in [-0.1, -0.05) is 39.0 Å². The molecule has 0 fully saturated rings. The van der Waals surface area contributed by atoms with E-state index in [1.54, 1.807) is 6.07 Å². The highest BCUT2D eigenvalue weighted by atomic mass is 16.3. The second-order valence-corrected chi connectivity index (χ2v) is 5.01. The molecule has 0 spiro atoms. The van der Waals surface area contributed by atoms with E-state index in [-0.39, 0.29) is 11.5 Å². The summed E-state index contributed by atoms with van der Waals surface area (Å²) in [7, 11) is 0. The fourth-order valence-corrected chi connectivity index (χ4v) is 2.76. The molecule has 0 bridgehead atoms. The average molecular weight is 270 g/mol. The van der Waals surface area contributed by atoms with Gasteiger partial charge >= 0.3 is 0 Å². The molecule has 2 nitrogen and oxygen atoms in total. The molecule has 106 valence electrons. The molecule has 0 saturated carbocycles. The maximum atomic E-state index is 9.91. The van der Waals surface area contributed by atoms with Crippen LogP contribution in [0, 0.1) is 0 Å². The molecule has 0 saturated heterocycles.